The molecular formula is C22H31NO4. The summed E-state index contributed by atoms with van der Waals surface area (Å²) in [5.41, 5.74) is 2.28. The number of likely N-dealkylation sites (tertiary alicyclic amines) is 1. The molecule has 1 aromatic rings. The highest BCUT2D eigenvalue weighted by atomic mass is 16.5. The molecule has 27 heavy (non-hydrogen) atoms. The molecule has 2 aliphatic rings. The first-order valence-electron chi connectivity index (χ1n) is 9.74. The van der Waals surface area contributed by atoms with E-state index in [0.29, 0.717) is 0 Å². The van der Waals surface area contributed by atoms with Gasteiger partial charge in [0.05, 0.1) is 12.0 Å². The van der Waals surface area contributed by atoms with Crippen LogP contribution in [0.25, 0.3) is 0 Å². The number of hydrogen-bond donors (Lipinski definition) is 1. The smallest absolute Gasteiger partial charge is 0.235 e. The summed E-state index contributed by atoms with van der Waals surface area (Å²) in [5, 5.41) is 10.5. The lowest BCUT2D eigenvalue weighted by molar-refractivity contribution is -0.169. The van der Waals surface area contributed by atoms with Crippen molar-refractivity contribution >= 4 is 11.8 Å². The fraction of sp³-hybridized carbons (Fsp3) is 0.636. The predicted molar refractivity (Wildman–Crippen MR) is 103 cm³/mol. The van der Waals surface area contributed by atoms with Crippen LogP contribution in [0, 0.1) is 37.5 Å². The van der Waals surface area contributed by atoms with Crippen LogP contribution in [0.5, 0.6) is 5.75 Å². The maximum atomic E-state index is 13.0. The second-order valence-corrected chi connectivity index (χ2v) is 9.02. The summed E-state index contributed by atoms with van der Waals surface area (Å²) in [6.45, 7) is 12.0. The molecule has 5 heteroatoms. The lowest BCUT2D eigenvalue weighted by Gasteiger charge is -2.48. The van der Waals surface area contributed by atoms with Crippen LogP contribution in [0.3, 0.4) is 0 Å². The molecule has 1 saturated carbocycles. The van der Waals surface area contributed by atoms with Crippen molar-refractivity contribution in [2.75, 3.05) is 13.2 Å². The number of nitrogens with zero attached hydrogens (tertiary/aromatic N) is 1. The highest BCUT2D eigenvalue weighted by Crippen LogP contribution is 2.60. The Kier molecular flexibility index (Phi) is 4.87. The number of hydrogen-bond acceptors (Lipinski definition) is 4. The Morgan fingerprint density at radius 2 is 1.81 bits per heavy atom. The average Bonchev–Trinajstić information content (AvgIpc) is 2.79. The van der Waals surface area contributed by atoms with Gasteiger partial charge >= 0.3 is 0 Å². The Bertz CT molecular complexity index is 785. The van der Waals surface area contributed by atoms with Crippen LogP contribution >= 0.6 is 0 Å². The van der Waals surface area contributed by atoms with Gasteiger partial charge in [0, 0.05) is 5.92 Å². The molecule has 1 aliphatic heterocycles. The summed E-state index contributed by atoms with van der Waals surface area (Å²) >= 11 is 0. The molecule has 0 aromatic heterocycles. The van der Waals surface area contributed by atoms with Crippen LogP contribution in [0.2, 0.25) is 0 Å². The molecule has 0 radical (unpaired) electrons. The van der Waals surface area contributed by atoms with Crippen LogP contribution < -0.4 is 4.74 Å². The molecule has 1 aromatic carbocycles. The minimum absolute atomic E-state index is 0.0102. The molecule has 1 heterocycles. The van der Waals surface area contributed by atoms with Gasteiger partial charge in [0.15, 0.2) is 0 Å². The van der Waals surface area contributed by atoms with Crippen LogP contribution in [-0.2, 0) is 9.59 Å². The van der Waals surface area contributed by atoms with Crippen molar-refractivity contribution in [3.05, 3.63) is 28.8 Å². The Morgan fingerprint density at radius 3 is 2.48 bits per heavy atom. The van der Waals surface area contributed by atoms with Crippen molar-refractivity contribution in [2.24, 2.45) is 16.7 Å². The van der Waals surface area contributed by atoms with Crippen molar-refractivity contribution in [2.45, 2.75) is 60.5 Å². The molecule has 0 unspecified atom stereocenters. The van der Waals surface area contributed by atoms with Crippen molar-refractivity contribution in [1.82, 2.24) is 4.90 Å². The Hall–Kier alpha value is -1.88. The van der Waals surface area contributed by atoms with Gasteiger partial charge in [0.2, 0.25) is 11.8 Å². The zero-order valence-electron chi connectivity index (χ0n) is 17.3. The molecule has 1 saturated heterocycles. The molecular weight excluding hydrogens is 342 g/mol. The molecule has 2 fully saturated rings. The van der Waals surface area contributed by atoms with E-state index in [-0.39, 0.29) is 36.3 Å². The van der Waals surface area contributed by atoms with Gasteiger partial charge in [-0.1, -0.05) is 32.9 Å². The summed E-state index contributed by atoms with van der Waals surface area (Å²) in [5.74, 6) is 0.295. The third kappa shape index (κ3) is 2.96. The number of imide groups is 1. The monoisotopic (exact) mass is 373 g/mol. The van der Waals surface area contributed by atoms with Gasteiger partial charge < -0.3 is 9.84 Å². The lowest BCUT2D eigenvalue weighted by Crippen LogP contribution is -2.60. The second kappa shape index (κ2) is 6.62. The highest BCUT2D eigenvalue weighted by Gasteiger charge is 2.64. The largest absolute Gasteiger partial charge is 0.490 e. The molecule has 148 valence electrons. The topological polar surface area (TPSA) is 66.8 Å². The number of ether oxygens (including phenoxy) is 1. The van der Waals surface area contributed by atoms with Gasteiger partial charge in [-0.3, -0.25) is 14.5 Å². The van der Waals surface area contributed by atoms with Crippen molar-refractivity contribution < 1.29 is 19.4 Å². The standard InChI is InChI=1S/C22H31NO4/c1-13-7-8-14(2)18(15(13)3)27-12-16(24)11-23-19(25)17-9-10-22(6,20(23)26)21(17,4)5/h7-8,16-17,24H,9-12H2,1-6H3/t16-,17+,22-/m0/s1. The van der Waals surface area contributed by atoms with Crippen LogP contribution in [0.4, 0.5) is 0 Å². The van der Waals surface area contributed by atoms with Crippen LogP contribution in [-0.4, -0.2) is 41.1 Å². The quantitative estimate of drug-likeness (QED) is 0.805. The Morgan fingerprint density at radius 1 is 1.19 bits per heavy atom. The highest BCUT2D eigenvalue weighted by molar-refractivity contribution is 6.03. The Balaban J connectivity index is 1.70. The molecule has 1 aliphatic carbocycles. The number of carbonyl (C=O) groups is 2. The summed E-state index contributed by atoms with van der Waals surface area (Å²) in [6.07, 6.45) is 0.542. The van der Waals surface area contributed by atoms with Gasteiger partial charge in [-0.25, -0.2) is 0 Å². The third-order valence-corrected chi connectivity index (χ3v) is 7.19. The molecule has 2 amide bonds. The maximum absolute atomic E-state index is 13.0. The number of aliphatic hydroxyl groups excluding tert-OH is 1. The van der Waals surface area contributed by atoms with E-state index >= 15 is 0 Å². The zero-order valence-corrected chi connectivity index (χ0v) is 17.3. The molecule has 0 spiro atoms. The maximum Gasteiger partial charge on any atom is 0.235 e. The number of aliphatic hydroxyl groups is 1. The van der Waals surface area contributed by atoms with E-state index in [2.05, 4.69) is 0 Å². The summed E-state index contributed by atoms with van der Waals surface area (Å²) in [6, 6.07) is 4.03. The second-order valence-electron chi connectivity index (χ2n) is 9.02. The van der Waals surface area contributed by atoms with Crippen molar-refractivity contribution in [3.63, 3.8) is 0 Å². The SMILES string of the molecule is Cc1ccc(C)c(OC[C@@H](O)CN2C(=O)[C@H]3CC[C@@](C)(C2=O)C3(C)C)c1C. The van der Waals surface area contributed by atoms with Crippen LogP contribution in [0.15, 0.2) is 12.1 Å². The first-order valence-corrected chi connectivity index (χ1v) is 9.74. The number of fused-ring (bicyclic) bond motifs is 2. The third-order valence-electron chi connectivity index (χ3n) is 7.19. The van der Waals surface area contributed by atoms with E-state index in [1.54, 1.807) is 0 Å². The molecule has 5 nitrogen and oxygen atoms in total. The fourth-order valence-electron chi connectivity index (χ4n) is 4.66. The van der Waals surface area contributed by atoms with Gasteiger partial charge in [0.25, 0.3) is 0 Å². The number of amides is 2. The first-order chi connectivity index (χ1) is 12.5. The minimum Gasteiger partial charge on any atom is -0.490 e. The van der Waals surface area contributed by atoms with Gasteiger partial charge in [-0.2, -0.15) is 0 Å². The van der Waals surface area contributed by atoms with E-state index in [9.17, 15) is 14.7 Å². The summed E-state index contributed by atoms with van der Waals surface area (Å²) in [4.78, 5) is 27.2. The van der Waals surface area contributed by atoms with Crippen molar-refractivity contribution in [3.8, 4) is 5.75 Å². The molecule has 1 N–H and O–H groups in total. The van der Waals surface area contributed by atoms with E-state index in [1.165, 1.54) is 4.90 Å². The summed E-state index contributed by atoms with van der Waals surface area (Å²) in [7, 11) is 0. The lowest BCUT2D eigenvalue weighted by atomic mass is 9.62. The number of carbonyl (C=O) groups excluding carboxylic acids is 2. The van der Waals surface area contributed by atoms with Gasteiger partial charge in [0.1, 0.15) is 18.5 Å². The molecule has 2 bridgehead atoms. The van der Waals surface area contributed by atoms with E-state index in [0.717, 1.165) is 35.3 Å². The Labute approximate surface area is 161 Å². The van der Waals surface area contributed by atoms with E-state index in [1.807, 2.05) is 53.7 Å². The van der Waals surface area contributed by atoms with Gasteiger partial charge in [-0.05, 0) is 55.7 Å². The molecule has 3 rings (SSSR count). The van der Waals surface area contributed by atoms with E-state index in [4.69, 9.17) is 4.74 Å². The number of β-amino-alcohol motifs (C(OH)–C–C–N with tert-alkyl or cyclic N) is 1. The number of piperidine rings is 1. The average molecular weight is 373 g/mol. The fourth-order valence-corrected chi connectivity index (χ4v) is 4.66. The molecule has 3 atom stereocenters. The predicted octanol–water partition coefficient (Wildman–Crippen LogP) is 3.16. The number of benzene rings is 1. The zero-order chi connectivity index (χ0) is 20.1. The van der Waals surface area contributed by atoms with E-state index < -0.39 is 11.5 Å². The minimum atomic E-state index is -0.915. The van der Waals surface area contributed by atoms with Crippen molar-refractivity contribution in [1.29, 1.82) is 0 Å². The number of rotatable bonds is 5. The summed E-state index contributed by atoms with van der Waals surface area (Å²) < 4.78 is 5.86. The van der Waals surface area contributed by atoms with Crippen LogP contribution in [0.1, 0.15) is 50.3 Å². The first kappa shape index (κ1) is 19.9. The normalized spacial score (nSPS) is 27.8. The number of aryl methyl sites for hydroxylation is 2. The van der Waals surface area contributed by atoms with Gasteiger partial charge in [-0.15, -0.1) is 0 Å².